The molecule has 1 atom stereocenters. The smallest absolute Gasteiger partial charge is 0.191 e. The Kier molecular flexibility index (Phi) is 7.98. The van der Waals surface area contributed by atoms with Gasteiger partial charge in [0.25, 0.3) is 0 Å². The summed E-state index contributed by atoms with van der Waals surface area (Å²) in [5, 5.41) is 11.2. The van der Waals surface area contributed by atoms with E-state index in [1.54, 1.807) is 6.20 Å². The highest BCUT2D eigenvalue weighted by Gasteiger charge is 2.17. The van der Waals surface area contributed by atoms with E-state index < -0.39 is 0 Å². The first-order valence-corrected chi connectivity index (χ1v) is 11.6. The number of guanidine groups is 1. The normalized spacial score (nSPS) is 16.1. The fourth-order valence-electron chi connectivity index (χ4n) is 3.83. The van der Waals surface area contributed by atoms with Crippen molar-refractivity contribution >= 4 is 5.96 Å². The van der Waals surface area contributed by atoms with Crippen molar-refractivity contribution in [3.8, 4) is 11.4 Å². The maximum Gasteiger partial charge on any atom is 0.191 e. The summed E-state index contributed by atoms with van der Waals surface area (Å²) in [5.74, 6) is 2.14. The lowest BCUT2D eigenvalue weighted by Gasteiger charge is -2.16. The second kappa shape index (κ2) is 11.5. The van der Waals surface area contributed by atoms with E-state index in [0.717, 1.165) is 54.7 Å². The number of hydrogen-bond acceptors (Lipinski definition) is 4. The Bertz CT molecular complexity index is 1040. The van der Waals surface area contributed by atoms with Gasteiger partial charge in [-0.25, -0.2) is 9.67 Å². The molecule has 0 saturated carbocycles. The Hall–Kier alpha value is -3.32. The molecule has 1 aliphatic heterocycles. The number of hydrogen-bond donors (Lipinski definition) is 2. The highest BCUT2D eigenvalue weighted by atomic mass is 16.5. The van der Waals surface area contributed by atoms with Gasteiger partial charge in [-0.15, -0.1) is 0 Å². The molecule has 0 amide bonds. The van der Waals surface area contributed by atoms with Crippen molar-refractivity contribution < 1.29 is 9.47 Å². The van der Waals surface area contributed by atoms with Gasteiger partial charge in [0.05, 0.1) is 25.4 Å². The molecule has 0 spiro atoms. The van der Waals surface area contributed by atoms with Gasteiger partial charge in [0.1, 0.15) is 5.75 Å². The molecule has 2 aromatic carbocycles. The van der Waals surface area contributed by atoms with E-state index >= 15 is 0 Å². The van der Waals surface area contributed by atoms with Crippen LogP contribution in [-0.2, 0) is 17.8 Å². The quantitative estimate of drug-likeness (QED) is 0.385. The van der Waals surface area contributed by atoms with E-state index in [1.807, 2.05) is 29.1 Å². The van der Waals surface area contributed by atoms with Crippen molar-refractivity contribution in [1.82, 2.24) is 20.4 Å². The third kappa shape index (κ3) is 6.35. The average Bonchev–Trinajstić information content (AvgIpc) is 3.55. The fourth-order valence-corrected chi connectivity index (χ4v) is 3.83. The highest BCUT2D eigenvalue weighted by Crippen LogP contribution is 2.23. The minimum atomic E-state index is 0.468. The molecule has 1 aromatic heterocycles. The van der Waals surface area contributed by atoms with Crippen LogP contribution in [-0.4, -0.2) is 42.1 Å². The van der Waals surface area contributed by atoms with E-state index in [0.29, 0.717) is 25.6 Å². The number of rotatable bonds is 9. The van der Waals surface area contributed by atoms with Crippen LogP contribution in [0.15, 0.2) is 65.9 Å². The Morgan fingerprint density at radius 3 is 2.88 bits per heavy atom. The predicted octanol–water partition coefficient (Wildman–Crippen LogP) is 3.85. The predicted molar refractivity (Wildman–Crippen MR) is 131 cm³/mol. The van der Waals surface area contributed by atoms with Gasteiger partial charge in [-0.2, -0.15) is 5.10 Å². The Morgan fingerprint density at radius 2 is 2.09 bits per heavy atom. The molecule has 174 valence electrons. The molecule has 1 saturated heterocycles. The van der Waals surface area contributed by atoms with E-state index in [9.17, 15) is 0 Å². The molecule has 0 radical (unpaired) electrons. The first-order chi connectivity index (χ1) is 16.2. The summed E-state index contributed by atoms with van der Waals surface area (Å²) in [6.45, 7) is 8.41. The van der Waals surface area contributed by atoms with Crippen molar-refractivity contribution in [1.29, 1.82) is 0 Å². The molecule has 0 aliphatic carbocycles. The SMILES string of the molecule is CCNC(=NCc1ccc(C)cc1OCC1CCOC1)NCc1ccccc1-n1cccn1. The lowest BCUT2D eigenvalue weighted by Crippen LogP contribution is -2.37. The van der Waals surface area contributed by atoms with Gasteiger partial charge in [-0.1, -0.05) is 30.3 Å². The molecule has 2 heterocycles. The van der Waals surface area contributed by atoms with Crippen LogP contribution in [0.1, 0.15) is 30.0 Å². The molecule has 33 heavy (non-hydrogen) atoms. The van der Waals surface area contributed by atoms with Crippen molar-refractivity contribution in [2.45, 2.75) is 33.4 Å². The molecule has 0 bridgehead atoms. The lowest BCUT2D eigenvalue weighted by molar-refractivity contribution is 0.166. The topological polar surface area (TPSA) is 72.7 Å². The number of nitrogens with zero attached hydrogens (tertiary/aromatic N) is 3. The summed E-state index contributed by atoms with van der Waals surface area (Å²) in [6, 6.07) is 16.5. The van der Waals surface area contributed by atoms with Crippen molar-refractivity contribution in [2.75, 3.05) is 26.4 Å². The fraction of sp³-hybridized carbons (Fsp3) is 0.385. The van der Waals surface area contributed by atoms with Gasteiger partial charge in [-0.05, 0) is 49.6 Å². The molecule has 3 aromatic rings. The minimum Gasteiger partial charge on any atom is -0.493 e. The zero-order valence-electron chi connectivity index (χ0n) is 19.5. The van der Waals surface area contributed by atoms with Gasteiger partial charge in [0.2, 0.25) is 0 Å². The number of aromatic nitrogens is 2. The lowest BCUT2D eigenvalue weighted by atomic mass is 10.1. The van der Waals surface area contributed by atoms with Crippen molar-refractivity contribution in [3.05, 3.63) is 77.6 Å². The Balaban J connectivity index is 1.44. The zero-order valence-corrected chi connectivity index (χ0v) is 19.5. The summed E-state index contributed by atoms with van der Waals surface area (Å²) < 4.78 is 13.5. The molecule has 1 unspecified atom stereocenters. The Morgan fingerprint density at radius 1 is 1.18 bits per heavy atom. The first kappa shape index (κ1) is 22.9. The molecule has 1 aliphatic rings. The van der Waals surface area contributed by atoms with Gasteiger partial charge < -0.3 is 20.1 Å². The summed E-state index contributed by atoms with van der Waals surface area (Å²) in [6.07, 6.45) is 4.80. The van der Waals surface area contributed by atoms with E-state index in [2.05, 4.69) is 59.9 Å². The van der Waals surface area contributed by atoms with Crippen LogP contribution < -0.4 is 15.4 Å². The molecule has 7 heteroatoms. The Labute approximate surface area is 195 Å². The van der Waals surface area contributed by atoms with E-state index in [4.69, 9.17) is 14.5 Å². The second-order valence-corrected chi connectivity index (χ2v) is 8.28. The molecular weight excluding hydrogens is 414 g/mol. The molecule has 4 rings (SSSR count). The van der Waals surface area contributed by atoms with Crippen LogP contribution in [0.25, 0.3) is 5.69 Å². The minimum absolute atomic E-state index is 0.468. The maximum absolute atomic E-state index is 6.18. The molecule has 7 nitrogen and oxygen atoms in total. The largest absolute Gasteiger partial charge is 0.493 e. The first-order valence-electron chi connectivity index (χ1n) is 11.6. The third-order valence-corrected chi connectivity index (χ3v) is 5.66. The molecule has 2 N–H and O–H groups in total. The van der Waals surface area contributed by atoms with E-state index in [-0.39, 0.29) is 0 Å². The van der Waals surface area contributed by atoms with Gasteiger partial charge >= 0.3 is 0 Å². The number of aliphatic imine (C=N–C) groups is 1. The van der Waals surface area contributed by atoms with Crippen molar-refractivity contribution in [2.24, 2.45) is 10.9 Å². The van der Waals surface area contributed by atoms with Crippen LogP contribution >= 0.6 is 0 Å². The summed E-state index contributed by atoms with van der Waals surface area (Å²) in [4.78, 5) is 4.83. The van der Waals surface area contributed by atoms with Gasteiger partial charge in [-0.3, -0.25) is 0 Å². The number of aryl methyl sites for hydroxylation is 1. The summed E-state index contributed by atoms with van der Waals surface area (Å²) in [7, 11) is 0. The number of para-hydroxylation sites is 1. The van der Waals surface area contributed by atoms with Crippen molar-refractivity contribution in [3.63, 3.8) is 0 Å². The van der Waals surface area contributed by atoms with Crippen LogP contribution in [0.5, 0.6) is 5.75 Å². The van der Waals surface area contributed by atoms with E-state index in [1.165, 1.54) is 5.56 Å². The summed E-state index contributed by atoms with van der Waals surface area (Å²) >= 11 is 0. The highest BCUT2D eigenvalue weighted by molar-refractivity contribution is 5.79. The summed E-state index contributed by atoms with van der Waals surface area (Å²) in [5.41, 5.74) is 4.45. The maximum atomic E-state index is 6.18. The number of benzene rings is 2. The van der Waals surface area contributed by atoms with Crippen LogP contribution in [0.4, 0.5) is 0 Å². The van der Waals surface area contributed by atoms with Crippen LogP contribution in [0.3, 0.4) is 0 Å². The molecular formula is C26H33N5O2. The average molecular weight is 448 g/mol. The third-order valence-electron chi connectivity index (χ3n) is 5.66. The number of ether oxygens (including phenoxy) is 2. The zero-order chi connectivity index (χ0) is 22.9. The van der Waals surface area contributed by atoms with Crippen LogP contribution in [0.2, 0.25) is 0 Å². The van der Waals surface area contributed by atoms with Crippen LogP contribution in [0, 0.1) is 12.8 Å². The second-order valence-electron chi connectivity index (χ2n) is 8.28. The van der Waals surface area contributed by atoms with Gasteiger partial charge in [0, 0.05) is 43.6 Å². The standard InChI is InChI=1S/C26H33N5O2/c1-3-27-26(28-16-22-7-4-5-8-24(22)31-13-6-12-30-31)29-17-23-10-9-20(2)15-25(23)33-19-21-11-14-32-18-21/h4-10,12-13,15,21H,3,11,14,16-19H2,1-2H3,(H2,27,28,29). The molecule has 1 fully saturated rings. The monoisotopic (exact) mass is 447 g/mol. The number of nitrogens with one attached hydrogen (secondary N) is 2. The van der Waals surface area contributed by atoms with Gasteiger partial charge in [0.15, 0.2) is 5.96 Å².